The summed E-state index contributed by atoms with van der Waals surface area (Å²) in [4.78, 5) is 15.7. The van der Waals surface area contributed by atoms with Crippen LogP contribution >= 0.6 is 0 Å². The molecule has 7 nitrogen and oxygen atoms in total. The maximum absolute atomic E-state index is 13.2. The number of H-pyrrole nitrogens is 1. The molecule has 2 aliphatic rings. The van der Waals surface area contributed by atoms with Gasteiger partial charge >= 0.3 is 0 Å². The summed E-state index contributed by atoms with van der Waals surface area (Å²) in [5.41, 5.74) is 6.89. The lowest BCUT2D eigenvalue weighted by Gasteiger charge is -2.26. The van der Waals surface area contributed by atoms with Crippen LogP contribution in [-0.4, -0.2) is 54.4 Å². The molecule has 196 valence electrons. The Kier molecular flexibility index (Phi) is 6.41. The molecule has 0 unspecified atom stereocenters. The highest BCUT2D eigenvalue weighted by Gasteiger charge is 2.56. The third kappa shape index (κ3) is 4.68. The fraction of sp³-hybridized carbons (Fsp3) is 0.355. The van der Waals surface area contributed by atoms with E-state index in [2.05, 4.69) is 69.8 Å². The highest BCUT2D eigenvalue weighted by atomic mass is 16.5. The summed E-state index contributed by atoms with van der Waals surface area (Å²) in [6.45, 7) is 8.49. The van der Waals surface area contributed by atoms with Gasteiger partial charge in [-0.25, -0.2) is 0 Å². The quantitative estimate of drug-likeness (QED) is 0.343. The molecule has 0 radical (unpaired) electrons. The molecular formula is C31H34N4O3. The second-order valence-corrected chi connectivity index (χ2v) is 10.8. The Hall–Kier alpha value is -3.68. The molecule has 2 atom stereocenters. The van der Waals surface area contributed by atoms with Gasteiger partial charge in [-0.05, 0) is 66.3 Å². The molecule has 3 aromatic carbocycles. The largest absolute Gasteiger partial charge is 0.497 e. The lowest BCUT2D eigenvalue weighted by molar-refractivity contribution is -0.120. The first kappa shape index (κ1) is 24.6. The van der Waals surface area contributed by atoms with Crippen molar-refractivity contribution in [1.82, 2.24) is 15.1 Å². The first-order chi connectivity index (χ1) is 18.4. The maximum Gasteiger partial charge on any atom is 0.230 e. The molecule has 2 heterocycles. The van der Waals surface area contributed by atoms with Gasteiger partial charge in [-0.3, -0.25) is 14.8 Å². The molecule has 1 aromatic heterocycles. The molecule has 2 fully saturated rings. The van der Waals surface area contributed by atoms with Gasteiger partial charge in [-0.1, -0.05) is 37.3 Å². The van der Waals surface area contributed by atoms with Crippen LogP contribution in [0.4, 0.5) is 5.69 Å². The zero-order chi connectivity index (χ0) is 26.3. The van der Waals surface area contributed by atoms with Crippen molar-refractivity contribution in [3.05, 3.63) is 77.4 Å². The van der Waals surface area contributed by atoms with Crippen LogP contribution in [0.1, 0.15) is 36.0 Å². The van der Waals surface area contributed by atoms with E-state index >= 15 is 0 Å². The summed E-state index contributed by atoms with van der Waals surface area (Å²) >= 11 is 0. The van der Waals surface area contributed by atoms with Gasteiger partial charge in [0.25, 0.3) is 0 Å². The Morgan fingerprint density at radius 2 is 2.00 bits per heavy atom. The van der Waals surface area contributed by atoms with Gasteiger partial charge in [-0.15, -0.1) is 0 Å². The summed E-state index contributed by atoms with van der Waals surface area (Å²) in [6.07, 6.45) is 0.824. The number of fused-ring (bicyclic) bond motifs is 1. The average molecular weight is 511 g/mol. The van der Waals surface area contributed by atoms with E-state index in [1.165, 1.54) is 5.56 Å². The molecule has 1 aliphatic heterocycles. The maximum atomic E-state index is 13.2. The summed E-state index contributed by atoms with van der Waals surface area (Å²) in [7, 11) is 1.64. The van der Waals surface area contributed by atoms with Gasteiger partial charge in [-0.2, -0.15) is 5.10 Å². The molecule has 1 amide bonds. The molecule has 1 saturated carbocycles. The molecule has 1 saturated heterocycles. The summed E-state index contributed by atoms with van der Waals surface area (Å²) in [6, 6.07) is 20.8. The lowest BCUT2D eigenvalue weighted by Crippen LogP contribution is -2.35. The number of hydrogen-bond donors (Lipinski definition) is 2. The van der Waals surface area contributed by atoms with Crippen molar-refractivity contribution < 1.29 is 14.3 Å². The molecule has 4 aromatic rings. The molecular weight excluding hydrogens is 476 g/mol. The number of benzene rings is 3. The van der Waals surface area contributed by atoms with Gasteiger partial charge in [0.2, 0.25) is 5.91 Å². The number of aryl methyl sites for hydroxylation is 1. The Bertz CT molecular complexity index is 1490. The number of morpholine rings is 1. The van der Waals surface area contributed by atoms with Crippen molar-refractivity contribution in [2.24, 2.45) is 5.41 Å². The molecule has 2 N–H and O–H groups in total. The summed E-state index contributed by atoms with van der Waals surface area (Å²) < 4.78 is 10.8. The Morgan fingerprint density at radius 3 is 2.79 bits per heavy atom. The number of anilines is 1. The van der Waals surface area contributed by atoms with Crippen LogP contribution in [0.25, 0.3) is 22.2 Å². The molecule has 38 heavy (non-hydrogen) atoms. The number of hydrogen-bond acceptors (Lipinski definition) is 5. The van der Waals surface area contributed by atoms with Crippen LogP contribution in [0.15, 0.2) is 60.7 Å². The van der Waals surface area contributed by atoms with E-state index in [-0.39, 0.29) is 11.8 Å². The fourth-order valence-corrected chi connectivity index (χ4v) is 5.58. The zero-order valence-corrected chi connectivity index (χ0v) is 22.2. The third-order valence-electron chi connectivity index (χ3n) is 8.14. The van der Waals surface area contributed by atoms with E-state index < -0.39 is 5.41 Å². The van der Waals surface area contributed by atoms with Crippen LogP contribution in [0.2, 0.25) is 0 Å². The van der Waals surface area contributed by atoms with E-state index in [0.717, 1.165) is 84.0 Å². The number of carbonyl (C=O) groups excluding carboxylic acids is 1. The Morgan fingerprint density at radius 1 is 1.16 bits per heavy atom. The van der Waals surface area contributed by atoms with Crippen molar-refractivity contribution in [2.45, 2.75) is 32.7 Å². The standard InChI is InChI=1S/C31H34N4O3/c1-20-15-24(37-3)8-10-27(20)32-30(36)31(2)18-26(31)22-7-9-25-28(17-22)33-34-29(25)23-6-4-5-21(16-23)19-35-11-13-38-14-12-35/h4-10,15-17,26H,11-14,18-19H2,1-3H3,(H,32,36)(H,33,34)/t26-,31+/m0/s1. The Labute approximate surface area is 223 Å². The number of aromatic amines is 1. The minimum Gasteiger partial charge on any atom is -0.497 e. The van der Waals surface area contributed by atoms with Gasteiger partial charge in [0.05, 0.1) is 36.9 Å². The van der Waals surface area contributed by atoms with Crippen LogP contribution in [0, 0.1) is 12.3 Å². The van der Waals surface area contributed by atoms with E-state index in [4.69, 9.17) is 9.47 Å². The van der Waals surface area contributed by atoms with Crippen molar-refractivity contribution in [2.75, 3.05) is 38.7 Å². The predicted octanol–water partition coefficient (Wildman–Crippen LogP) is 5.51. The topological polar surface area (TPSA) is 79.5 Å². The smallest absolute Gasteiger partial charge is 0.230 e. The molecule has 1 aliphatic carbocycles. The number of carbonyl (C=O) groups is 1. The molecule has 0 bridgehead atoms. The third-order valence-corrected chi connectivity index (χ3v) is 8.14. The summed E-state index contributed by atoms with van der Waals surface area (Å²) in [5, 5.41) is 12.1. The minimum atomic E-state index is -0.434. The van der Waals surface area contributed by atoms with Crippen molar-refractivity contribution in [1.29, 1.82) is 0 Å². The van der Waals surface area contributed by atoms with Gasteiger partial charge in [0.1, 0.15) is 5.75 Å². The fourth-order valence-electron chi connectivity index (χ4n) is 5.58. The highest BCUT2D eigenvalue weighted by Crippen LogP contribution is 2.59. The van der Waals surface area contributed by atoms with Crippen LogP contribution in [0.3, 0.4) is 0 Å². The Balaban J connectivity index is 1.18. The molecule has 6 rings (SSSR count). The highest BCUT2D eigenvalue weighted by molar-refractivity contribution is 5.99. The van der Waals surface area contributed by atoms with Crippen molar-refractivity contribution in [3.8, 4) is 17.0 Å². The van der Waals surface area contributed by atoms with Gasteiger partial charge in [0.15, 0.2) is 0 Å². The number of nitrogens with one attached hydrogen (secondary N) is 2. The minimum absolute atomic E-state index is 0.0539. The number of rotatable bonds is 7. The monoisotopic (exact) mass is 510 g/mol. The second-order valence-electron chi connectivity index (χ2n) is 10.8. The number of amides is 1. The SMILES string of the molecule is COc1ccc(NC(=O)[C@]2(C)C[C@H]2c2ccc3c(-c4cccc(CN5CCOCC5)c4)n[nH]c3c2)c(C)c1. The number of nitrogens with zero attached hydrogens (tertiary/aromatic N) is 2. The van der Waals surface area contributed by atoms with Crippen molar-refractivity contribution in [3.63, 3.8) is 0 Å². The van der Waals surface area contributed by atoms with E-state index in [9.17, 15) is 4.79 Å². The zero-order valence-electron chi connectivity index (χ0n) is 22.2. The molecule has 7 heteroatoms. The van der Waals surface area contributed by atoms with Crippen LogP contribution < -0.4 is 10.1 Å². The van der Waals surface area contributed by atoms with E-state index in [1.807, 2.05) is 25.1 Å². The first-order valence-corrected chi connectivity index (χ1v) is 13.3. The van der Waals surface area contributed by atoms with Crippen LogP contribution in [0.5, 0.6) is 5.75 Å². The number of methoxy groups -OCH3 is 1. The van der Waals surface area contributed by atoms with Gasteiger partial charge < -0.3 is 14.8 Å². The van der Waals surface area contributed by atoms with E-state index in [1.54, 1.807) is 7.11 Å². The van der Waals surface area contributed by atoms with E-state index in [0.29, 0.717) is 0 Å². The predicted molar refractivity (Wildman–Crippen MR) is 149 cm³/mol. The molecule has 0 spiro atoms. The average Bonchev–Trinajstić information content (AvgIpc) is 3.46. The summed E-state index contributed by atoms with van der Waals surface area (Å²) in [5.74, 6) is 1.01. The normalized spacial score (nSPS) is 21.4. The van der Waals surface area contributed by atoms with Crippen molar-refractivity contribution >= 4 is 22.5 Å². The lowest BCUT2D eigenvalue weighted by atomic mass is 9.98. The second kappa shape index (κ2) is 9.89. The van der Waals surface area contributed by atoms with Crippen LogP contribution in [-0.2, 0) is 16.1 Å². The number of ether oxygens (including phenoxy) is 2. The van der Waals surface area contributed by atoms with Gasteiger partial charge in [0, 0.05) is 36.3 Å². The first-order valence-electron chi connectivity index (χ1n) is 13.3. The number of aromatic nitrogens is 2.